The number of ether oxygens (including phenoxy) is 1. The molecule has 80 valence electrons. The van der Waals surface area contributed by atoms with E-state index >= 15 is 0 Å². The third kappa shape index (κ3) is 1.53. The molecule has 4 nitrogen and oxygen atoms in total. The number of carboxylic acids is 1. The van der Waals surface area contributed by atoms with Gasteiger partial charge in [0.1, 0.15) is 0 Å². The van der Waals surface area contributed by atoms with E-state index in [2.05, 4.69) is 5.32 Å². The highest BCUT2D eigenvalue weighted by molar-refractivity contribution is 5.75. The van der Waals surface area contributed by atoms with Crippen LogP contribution in [0.5, 0.6) is 0 Å². The number of piperidine rings is 1. The Morgan fingerprint density at radius 3 is 2.64 bits per heavy atom. The number of nitrogens with one attached hydrogen (secondary N) is 1. The first-order valence-electron chi connectivity index (χ1n) is 5.31. The average molecular weight is 199 g/mol. The van der Waals surface area contributed by atoms with Gasteiger partial charge in [-0.05, 0) is 38.8 Å². The van der Waals surface area contributed by atoms with Gasteiger partial charge in [0.2, 0.25) is 0 Å². The second kappa shape index (κ2) is 3.87. The van der Waals surface area contributed by atoms with Gasteiger partial charge in [-0.15, -0.1) is 0 Å². The predicted octanol–water partition coefficient (Wildman–Crippen LogP) is 0.620. The minimum Gasteiger partial charge on any atom is -0.481 e. The molecule has 2 fully saturated rings. The van der Waals surface area contributed by atoms with Crippen LogP contribution in [0.3, 0.4) is 0 Å². The van der Waals surface area contributed by atoms with Crippen molar-refractivity contribution in [2.24, 2.45) is 5.41 Å². The summed E-state index contributed by atoms with van der Waals surface area (Å²) < 4.78 is 5.55. The molecule has 0 amide bonds. The normalized spacial score (nSPS) is 31.6. The van der Waals surface area contributed by atoms with Gasteiger partial charge in [0.25, 0.3) is 0 Å². The summed E-state index contributed by atoms with van der Waals surface area (Å²) in [4.78, 5) is 11.4. The van der Waals surface area contributed by atoms with E-state index in [-0.39, 0.29) is 6.10 Å². The smallest absolute Gasteiger partial charge is 0.312 e. The first kappa shape index (κ1) is 9.93. The highest BCUT2D eigenvalue weighted by Crippen LogP contribution is 2.39. The fourth-order valence-electron chi connectivity index (χ4n) is 2.56. The molecule has 2 N–H and O–H groups in total. The number of hydrogen-bond acceptors (Lipinski definition) is 3. The molecule has 2 aliphatic rings. The lowest BCUT2D eigenvalue weighted by Crippen LogP contribution is -2.49. The summed E-state index contributed by atoms with van der Waals surface area (Å²) in [6, 6.07) is 0. The Hall–Kier alpha value is -0.610. The predicted molar refractivity (Wildman–Crippen MR) is 51.1 cm³/mol. The van der Waals surface area contributed by atoms with Gasteiger partial charge in [0.15, 0.2) is 0 Å². The van der Waals surface area contributed by atoms with Crippen LogP contribution in [0.4, 0.5) is 0 Å². The SMILES string of the molecule is O=C(O)C1(C2CCCO2)CCNCC1. The van der Waals surface area contributed by atoms with Crippen LogP contribution in [0.15, 0.2) is 0 Å². The Labute approximate surface area is 83.6 Å². The fraction of sp³-hybridized carbons (Fsp3) is 0.900. The number of carbonyl (C=O) groups is 1. The second-order valence-electron chi connectivity index (χ2n) is 4.21. The lowest BCUT2D eigenvalue weighted by atomic mass is 9.73. The minimum atomic E-state index is -0.675. The zero-order valence-corrected chi connectivity index (χ0v) is 8.29. The molecular weight excluding hydrogens is 182 g/mol. The molecule has 0 aromatic rings. The van der Waals surface area contributed by atoms with Crippen molar-refractivity contribution in [3.8, 4) is 0 Å². The quantitative estimate of drug-likeness (QED) is 0.684. The second-order valence-corrected chi connectivity index (χ2v) is 4.21. The summed E-state index contributed by atoms with van der Waals surface area (Å²) in [5.74, 6) is -0.675. The Kier molecular flexibility index (Phi) is 2.74. The molecule has 0 aromatic carbocycles. The van der Waals surface area contributed by atoms with Crippen LogP contribution < -0.4 is 5.32 Å². The maximum atomic E-state index is 11.4. The molecule has 0 saturated carbocycles. The van der Waals surface area contributed by atoms with E-state index in [0.29, 0.717) is 12.8 Å². The van der Waals surface area contributed by atoms with Crippen LogP contribution in [-0.2, 0) is 9.53 Å². The van der Waals surface area contributed by atoms with Crippen LogP contribution in [0, 0.1) is 5.41 Å². The lowest BCUT2D eigenvalue weighted by molar-refractivity contribution is -0.160. The summed E-state index contributed by atoms with van der Waals surface area (Å²) in [6.07, 6.45) is 3.27. The van der Waals surface area contributed by atoms with Gasteiger partial charge in [-0.25, -0.2) is 0 Å². The van der Waals surface area contributed by atoms with Crippen molar-refractivity contribution >= 4 is 5.97 Å². The molecule has 2 rings (SSSR count). The summed E-state index contributed by atoms with van der Waals surface area (Å²) in [7, 11) is 0. The van der Waals surface area contributed by atoms with E-state index in [0.717, 1.165) is 32.5 Å². The molecule has 0 spiro atoms. The number of rotatable bonds is 2. The largest absolute Gasteiger partial charge is 0.481 e. The van der Waals surface area contributed by atoms with E-state index in [1.54, 1.807) is 0 Å². The zero-order chi connectivity index (χ0) is 10.0. The molecule has 0 radical (unpaired) electrons. The monoisotopic (exact) mass is 199 g/mol. The van der Waals surface area contributed by atoms with Crippen molar-refractivity contribution in [1.29, 1.82) is 0 Å². The van der Waals surface area contributed by atoms with E-state index in [4.69, 9.17) is 4.74 Å². The highest BCUT2D eigenvalue weighted by atomic mass is 16.5. The van der Waals surface area contributed by atoms with Crippen molar-refractivity contribution in [3.63, 3.8) is 0 Å². The Morgan fingerprint density at radius 2 is 2.14 bits per heavy atom. The molecule has 1 unspecified atom stereocenters. The van der Waals surface area contributed by atoms with Gasteiger partial charge in [0, 0.05) is 6.61 Å². The van der Waals surface area contributed by atoms with Crippen LogP contribution >= 0.6 is 0 Å². The van der Waals surface area contributed by atoms with E-state index < -0.39 is 11.4 Å². The van der Waals surface area contributed by atoms with Gasteiger partial charge in [-0.2, -0.15) is 0 Å². The van der Waals surface area contributed by atoms with Gasteiger partial charge in [-0.1, -0.05) is 0 Å². The third-order valence-electron chi connectivity index (χ3n) is 3.47. The number of hydrogen-bond donors (Lipinski definition) is 2. The van der Waals surface area contributed by atoms with Crippen molar-refractivity contribution in [1.82, 2.24) is 5.32 Å². The van der Waals surface area contributed by atoms with E-state index in [1.807, 2.05) is 0 Å². The standard InChI is InChI=1S/C10H17NO3/c12-9(13)10(3-5-11-6-4-10)8-2-1-7-14-8/h8,11H,1-7H2,(H,12,13). The first-order chi connectivity index (χ1) is 6.76. The maximum Gasteiger partial charge on any atom is 0.312 e. The molecule has 4 heteroatoms. The van der Waals surface area contributed by atoms with E-state index in [9.17, 15) is 9.90 Å². The average Bonchev–Trinajstić information content (AvgIpc) is 2.72. The maximum absolute atomic E-state index is 11.4. The van der Waals surface area contributed by atoms with Crippen molar-refractivity contribution in [3.05, 3.63) is 0 Å². The molecular formula is C10H17NO3. The lowest BCUT2D eigenvalue weighted by Gasteiger charge is -2.37. The molecule has 2 heterocycles. The highest BCUT2D eigenvalue weighted by Gasteiger charge is 2.48. The third-order valence-corrected chi connectivity index (χ3v) is 3.47. The Balaban J connectivity index is 2.15. The summed E-state index contributed by atoms with van der Waals surface area (Å²) in [5, 5.41) is 12.5. The molecule has 0 bridgehead atoms. The summed E-state index contributed by atoms with van der Waals surface area (Å²) in [5.41, 5.74) is -0.609. The van der Waals surface area contributed by atoms with Crippen LogP contribution in [0.1, 0.15) is 25.7 Å². The number of aliphatic carboxylic acids is 1. The summed E-state index contributed by atoms with van der Waals surface area (Å²) >= 11 is 0. The van der Waals surface area contributed by atoms with Gasteiger partial charge in [0.05, 0.1) is 11.5 Å². The summed E-state index contributed by atoms with van der Waals surface area (Å²) in [6.45, 7) is 2.32. The van der Waals surface area contributed by atoms with E-state index in [1.165, 1.54) is 0 Å². The first-order valence-corrected chi connectivity index (χ1v) is 5.31. The van der Waals surface area contributed by atoms with Crippen molar-refractivity contribution in [2.45, 2.75) is 31.8 Å². The van der Waals surface area contributed by atoms with Crippen LogP contribution in [0.2, 0.25) is 0 Å². The molecule has 2 aliphatic heterocycles. The van der Waals surface area contributed by atoms with Gasteiger partial charge in [-0.3, -0.25) is 4.79 Å². The molecule has 1 atom stereocenters. The Bertz CT molecular complexity index is 217. The molecule has 0 aromatic heterocycles. The van der Waals surface area contributed by atoms with Crippen LogP contribution in [0.25, 0.3) is 0 Å². The van der Waals surface area contributed by atoms with Crippen molar-refractivity contribution < 1.29 is 14.6 Å². The fourth-order valence-corrected chi connectivity index (χ4v) is 2.56. The molecule has 0 aliphatic carbocycles. The molecule has 2 saturated heterocycles. The zero-order valence-electron chi connectivity index (χ0n) is 8.29. The Morgan fingerprint density at radius 1 is 1.43 bits per heavy atom. The topological polar surface area (TPSA) is 58.6 Å². The van der Waals surface area contributed by atoms with Gasteiger partial charge >= 0.3 is 5.97 Å². The van der Waals surface area contributed by atoms with Gasteiger partial charge < -0.3 is 15.2 Å². The molecule has 14 heavy (non-hydrogen) atoms. The van der Waals surface area contributed by atoms with Crippen molar-refractivity contribution in [2.75, 3.05) is 19.7 Å². The van der Waals surface area contributed by atoms with Crippen LogP contribution in [-0.4, -0.2) is 36.9 Å². The minimum absolute atomic E-state index is 0.0536. The number of carboxylic acid groups (broad SMARTS) is 1.